The molecule has 0 amide bonds. The van der Waals surface area contributed by atoms with Gasteiger partial charge >= 0.3 is 5.97 Å². The number of allylic oxidation sites excluding steroid dienone is 1. The molecule has 0 saturated heterocycles. The van der Waals surface area contributed by atoms with Crippen LogP contribution in [0.1, 0.15) is 90.0 Å². The lowest BCUT2D eigenvalue weighted by Crippen LogP contribution is -2.02. The molecule has 1 aromatic heterocycles. The van der Waals surface area contributed by atoms with Crippen LogP contribution in [0.4, 0.5) is 0 Å². The summed E-state index contributed by atoms with van der Waals surface area (Å²) >= 11 is 0. The van der Waals surface area contributed by atoms with E-state index in [2.05, 4.69) is 23.8 Å². The zero-order valence-electron chi connectivity index (χ0n) is 21.5. The molecule has 2 aromatic rings. The minimum absolute atomic E-state index is 0.354. The summed E-state index contributed by atoms with van der Waals surface area (Å²) in [5.74, 6) is 0.331. The van der Waals surface area contributed by atoms with Crippen molar-refractivity contribution in [3.05, 3.63) is 48.3 Å². The number of hydrogen-bond donors (Lipinski definition) is 1. The number of aliphatic carboxylic acids is 1. The summed E-state index contributed by atoms with van der Waals surface area (Å²) < 4.78 is 11.2. The number of carbonyl (C=O) groups is 1. The molecule has 35 heavy (non-hydrogen) atoms. The molecule has 0 saturated carbocycles. The topological polar surface area (TPSA) is 81.5 Å². The number of carboxylic acids is 1. The molecule has 0 atom stereocenters. The van der Waals surface area contributed by atoms with Gasteiger partial charge in [-0.25, -0.2) is 14.8 Å². The molecule has 192 valence electrons. The first-order chi connectivity index (χ1) is 17.2. The van der Waals surface area contributed by atoms with Crippen LogP contribution >= 0.6 is 0 Å². The second-order valence-corrected chi connectivity index (χ2v) is 8.82. The van der Waals surface area contributed by atoms with Crippen molar-refractivity contribution in [3.63, 3.8) is 0 Å². The molecule has 1 N–H and O–H groups in total. The highest BCUT2D eigenvalue weighted by Gasteiger charge is 2.11. The van der Waals surface area contributed by atoms with Gasteiger partial charge in [0, 0.05) is 18.8 Å². The molecule has 0 bridgehead atoms. The number of carboxylic acid groups (broad SMARTS) is 1. The SMILES string of the molecule is CCCCCCCCCC=C(C(=O)O)c1ccc(-c2ncc(OCCCCOCCC)cn2)cc1. The molecule has 0 fully saturated rings. The average Bonchev–Trinajstić information content (AvgIpc) is 2.88. The highest BCUT2D eigenvalue weighted by molar-refractivity contribution is 6.15. The Bertz CT molecular complexity index is 863. The number of hydrogen-bond acceptors (Lipinski definition) is 5. The van der Waals surface area contributed by atoms with Crippen LogP contribution < -0.4 is 4.74 Å². The van der Waals surface area contributed by atoms with Crippen LogP contribution in [0, 0.1) is 0 Å². The van der Waals surface area contributed by atoms with E-state index < -0.39 is 5.97 Å². The third-order valence-corrected chi connectivity index (χ3v) is 5.77. The number of nitrogens with zero attached hydrogens (tertiary/aromatic N) is 2. The Labute approximate surface area is 210 Å². The molecular weight excluding hydrogens is 440 g/mol. The van der Waals surface area contributed by atoms with E-state index in [1.165, 1.54) is 32.1 Å². The van der Waals surface area contributed by atoms with E-state index in [4.69, 9.17) is 9.47 Å². The summed E-state index contributed by atoms with van der Waals surface area (Å²) in [5.41, 5.74) is 1.89. The van der Waals surface area contributed by atoms with Crippen molar-refractivity contribution in [2.45, 2.75) is 84.5 Å². The second kappa shape index (κ2) is 17.7. The van der Waals surface area contributed by atoms with Crippen molar-refractivity contribution >= 4 is 11.5 Å². The fraction of sp³-hybridized carbons (Fsp3) is 0.552. The first-order valence-electron chi connectivity index (χ1n) is 13.2. The number of benzene rings is 1. The number of unbranched alkanes of at least 4 members (excludes halogenated alkanes) is 8. The standard InChI is InChI=1S/C29H42N2O4/c1-3-5-6-7-8-9-10-11-14-27(29(32)33)24-15-17-25(18-16-24)28-30-22-26(23-31-28)35-21-13-12-20-34-19-4-2/h14-18,22-23H,3-13,19-21H2,1-2H3,(H,32,33). The maximum Gasteiger partial charge on any atom is 0.335 e. The average molecular weight is 483 g/mol. The predicted molar refractivity (Wildman–Crippen MR) is 142 cm³/mol. The summed E-state index contributed by atoms with van der Waals surface area (Å²) in [6, 6.07) is 7.39. The third-order valence-electron chi connectivity index (χ3n) is 5.77. The van der Waals surface area contributed by atoms with Crippen molar-refractivity contribution in [1.29, 1.82) is 0 Å². The van der Waals surface area contributed by atoms with Gasteiger partial charge in [0.1, 0.15) is 0 Å². The van der Waals surface area contributed by atoms with Gasteiger partial charge < -0.3 is 14.6 Å². The molecule has 0 spiro atoms. The maximum atomic E-state index is 11.8. The van der Waals surface area contributed by atoms with E-state index in [1.807, 2.05) is 30.3 Å². The van der Waals surface area contributed by atoms with Gasteiger partial charge in [0.05, 0.1) is 24.6 Å². The Morgan fingerprint density at radius 2 is 1.49 bits per heavy atom. The monoisotopic (exact) mass is 482 g/mol. The summed E-state index contributed by atoms with van der Waals surface area (Å²) in [7, 11) is 0. The zero-order valence-corrected chi connectivity index (χ0v) is 21.5. The van der Waals surface area contributed by atoms with E-state index >= 15 is 0 Å². The van der Waals surface area contributed by atoms with Gasteiger partial charge in [-0.1, -0.05) is 82.7 Å². The molecule has 0 unspecified atom stereocenters. The predicted octanol–water partition coefficient (Wildman–Crippen LogP) is 7.34. The van der Waals surface area contributed by atoms with E-state index in [-0.39, 0.29) is 0 Å². The molecule has 2 rings (SSSR count). The fourth-order valence-corrected chi connectivity index (χ4v) is 3.76. The van der Waals surface area contributed by atoms with E-state index in [1.54, 1.807) is 12.4 Å². The lowest BCUT2D eigenvalue weighted by atomic mass is 10.0. The number of rotatable bonds is 19. The van der Waals surface area contributed by atoms with Crippen LogP contribution in [-0.2, 0) is 9.53 Å². The molecule has 0 aliphatic rings. The van der Waals surface area contributed by atoms with Gasteiger partial charge in [-0.05, 0) is 37.7 Å². The quantitative estimate of drug-likeness (QED) is 0.167. The van der Waals surface area contributed by atoms with Crippen LogP contribution in [-0.4, -0.2) is 40.9 Å². The van der Waals surface area contributed by atoms with Crippen LogP contribution in [0.5, 0.6) is 5.75 Å². The van der Waals surface area contributed by atoms with Crippen LogP contribution in [0.3, 0.4) is 0 Å². The number of ether oxygens (including phenoxy) is 2. The lowest BCUT2D eigenvalue weighted by molar-refractivity contribution is -0.130. The van der Waals surface area contributed by atoms with Crippen LogP contribution in [0.25, 0.3) is 17.0 Å². The number of aromatic nitrogens is 2. The second-order valence-electron chi connectivity index (χ2n) is 8.82. The minimum atomic E-state index is -0.893. The first kappa shape index (κ1) is 28.5. The van der Waals surface area contributed by atoms with Gasteiger partial charge in [-0.15, -0.1) is 0 Å². The van der Waals surface area contributed by atoms with Crippen molar-refractivity contribution in [1.82, 2.24) is 9.97 Å². The van der Waals surface area contributed by atoms with Gasteiger partial charge in [0.25, 0.3) is 0 Å². The lowest BCUT2D eigenvalue weighted by Gasteiger charge is -2.08. The Hall–Kier alpha value is -2.73. The van der Waals surface area contributed by atoms with Gasteiger partial charge in [0.2, 0.25) is 0 Å². The Morgan fingerprint density at radius 3 is 2.14 bits per heavy atom. The van der Waals surface area contributed by atoms with Gasteiger partial charge in [0.15, 0.2) is 11.6 Å². The maximum absolute atomic E-state index is 11.8. The molecule has 6 nitrogen and oxygen atoms in total. The van der Waals surface area contributed by atoms with Gasteiger partial charge in [-0.2, -0.15) is 0 Å². The molecule has 0 aliphatic heterocycles. The molecule has 0 aliphatic carbocycles. The Balaban J connectivity index is 1.82. The summed E-state index contributed by atoms with van der Waals surface area (Å²) in [5, 5.41) is 9.67. The first-order valence-corrected chi connectivity index (χ1v) is 13.2. The van der Waals surface area contributed by atoms with E-state index in [0.717, 1.165) is 57.3 Å². The highest BCUT2D eigenvalue weighted by Crippen LogP contribution is 2.22. The van der Waals surface area contributed by atoms with Gasteiger partial charge in [-0.3, -0.25) is 0 Å². The zero-order chi connectivity index (χ0) is 25.1. The summed E-state index contributed by atoms with van der Waals surface area (Å²) in [6.07, 6.45) is 17.4. The largest absolute Gasteiger partial charge is 0.490 e. The van der Waals surface area contributed by atoms with Crippen molar-refractivity contribution in [2.24, 2.45) is 0 Å². The van der Waals surface area contributed by atoms with Crippen LogP contribution in [0.15, 0.2) is 42.7 Å². The summed E-state index contributed by atoms with van der Waals surface area (Å²) in [6.45, 7) is 6.50. The molecule has 1 heterocycles. The summed E-state index contributed by atoms with van der Waals surface area (Å²) in [4.78, 5) is 20.6. The molecule has 6 heteroatoms. The smallest absolute Gasteiger partial charge is 0.335 e. The van der Waals surface area contributed by atoms with E-state index in [9.17, 15) is 9.90 Å². The molecule has 0 radical (unpaired) electrons. The van der Waals surface area contributed by atoms with Crippen molar-refractivity contribution in [2.75, 3.05) is 19.8 Å². The third kappa shape index (κ3) is 11.5. The van der Waals surface area contributed by atoms with Crippen molar-refractivity contribution < 1.29 is 19.4 Å². The van der Waals surface area contributed by atoms with Crippen LogP contribution in [0.2, 0.25) is 0 Å². The van der Waals surface area contributed by atoms with E-state index in [0.29, 0.717) is 29.3 Å². The minimum Gasteiger partial charge on any atom is -0.490 e. The Kier molecular flexibility index (Phi) is 14.4. The highest BCUT2D eigenvalue weighted by atomic mass is 16.5. The Morgan fingerprint density at radius 1 is 0.829 bits per heavy atom. The van der Waals surface area contributed by atoms with Crippen molar-refractivity contribution in [3.8, 4) is 17.1 Å². The molecular formula is C29H42N2O4. The fourth-order valence-electron chi connectivity index (χ4n) is 3.76. The molecule has 1 aromatic carbocycles. The normalized spacial score (nSPS) is 11.5.